The molecule has 0 bridgehead atoms. The minimum atomic E-state index is -0.373. The zero-order valence-electron chi connectivity index (χ0n) is 13.9. The average Bonchev–Trinajstić information content (AvgIpc) is 2.50. The summed E-state index contributed by atoms with van der Waals surface area (Å²) < 4.78 is 5.29. The van der Waals surface area contributed by atoms with E-state index in [1.54, 1.807) is 0 Å². The van der Waals surface area contributed by atoms with Crippen molar-refractivity contribution in [2.75, 3.05) is 39.4 Å². The Balaban J connectivity index is 0. The highest BCUT2D eigenvalue weighted by atomic mass is 35.5. The largest absolute Gasteiger partial charge is 0.381 e. The normalized spacial score (nSPS) is 16.5. The Bertz CT molecular complexity index is 274. The molecule has 1 heterocycles. The van der Waals surface area contributed by atoms with Crippen LogP contribution >= 0.6 is 24.8 Å². The molecule has 0 radical (unpaired) electrons. The Hall–Kier alpha value is -0.0700. The van der Waals surface area contributed by atoms with E-state index in [0.717, 1.165) is 65.1 Å². The summed E-state index contributed by atoms with van der Waals surface area (Å²) in [5.74, 6) is 0.277. The van der Waals surface area contributed by atoms with E-state index in [1.807, 2.05) is 0 Å². The quantitative estimate of drug-likeness (QED) is 0.617. The van der Waals surface area contributed by atoms with Gasteiger partial charge in [0.25, 0.3) is 0 Å². The molecule has 0 aliphatic carbocycles. The number of nitrogens with two attached hydrogens (primary N) is 1. The lowest BCUT2D eigenvalue weighted by atomic mass is 9.92. The molecule has 0 aromatic carbocycles. The fraction of sp³-hybridized carbons (Fsp3) is 0.933. The van der Waals surface area contributed by atoms with Crippen molar-refractivity contribution < 1.29 is 9.53 Å². The Morgan fingerprint density at radius 2 is 1.82 bits per heavy atom. The molecule has 1 fully saturated rings. The highest BCUT2D eigenvalue weighted by Gasteiger charge is 2.26. The number of ether oxygens (including phenoxy) is 1. The lowest BCUT2D eigenvalue weighted by Crippen LogP contribution is -2.47. The molecule has 7 heteroatoms. The molecule has 22 heavy (non-hydrogen) atoms. The SMILES string of the molecule is CCN(CC)CCCCNC(=O)C(N)C1CCOCC1.Cl.Cl. The van der Waals surface area contributed by atoms with Gasteiger partial charge in [-0.05, 0) is 51.2 Å². The van der Waals surface area contributed by atoms with Crippen molar-refractivity contribution in [3.63, 3.8) is 0 Å². The Morgan fingerprint density at radius 1 is 1.23 bits per heavy atom. The lowest BCUT2D eigenvalue weighted by molar-refractivity contribution is -0.124. The van der Waals surface area contributed by atoms with E-state index in [1.165, 1.54) is 0 Å². The van der Waals surface area contributed by atoms with E-state index in [0.29, 0.717) is 0 Å². The van der Waals surface area contributed by atoms with Crippen LogP contribution in [0.1, 0.15) is 39.5 Å². The molecule has 0 aromatic rings. The van der Waals surface area contributed by atoms with Crippen molar-refractivity contribution in [3.05, 3.63) is 0 Å². The second-order valence-corrected chi connectivity index (χ2v) is 5.50. The topological polar surface area (TPSA) is 67.6 Å². The van der Waals surface area contributed by atoms with Crippen LogP contribution in [0.25, 0.3) is 0 Å². The highest BCUT2D eigenvalue weighted by molar-refractivity contribution is 5.85. The van der Waals surface area contributed by atoms with Crippen LogP contribution in [-0.4, -0.2) is 56.2 Å². The zero-order chi connectivity index (χ0) is 14.8. The number of nitrogens with zero attached hydrogens (tertiary/aromatic N) is 1. The van der Waals surface area contributed by atoms with Crippen LogP contribution in [0, 0.1) is 5.92 Å². The molecule has 1 unspecified atom stereocenters. The average molecular weight is 358 g/mol. The first-order valence-electron chi connectivity index (χ1n) is 8.02. The zero-order valence-corrected chi connectivity index (χ0v) is 15.5. The molecule has 5 nitrogen and oxygen atoms in total. The second kappa shape index (κ2) is 14.5. The van der Waals surface area contributed by atoms with Crippen molar-refractivity contribution in [1.29, 1.82) is 0 Å². The van der Waals surface area contributed by atoms with Crippen LogP contribution in [-0.2, 0) is 9.53 Å². The smallest absolute Gasteiger partial charge is 0.237 e. The van der Waals surface area contributed by atoms with E-state index in [-0.39, 0.29) is 42.7 Å². The maximum Gasteiger partial charge on any atom is 0.237 e. The number of carbonyl (C=O) groups is 1. The van der Waals surface area contributed by atoms with Crippen LogP contribution in [0.15, 0.2) is 0 Å². The minimum Gasteiger partial charge on any atom is -0.381 e. The van der Waals surface area contributed by atoms with Crippen LogP contribution in [0.5, 0.6) is 0 Å². The third-order valence-electron chi connectivity index (χ3n) is 4.17. The summed E-state index contributed by atoms with van der Waals surface area (Å²) in [6, 6.07) is -0.373. The van der Waals surface area contributed by atoms with Gasteiger partial charge in [-0.25, -0.2) is 0 Å². The van der Waals surface area contributed by atoms with Gasteiger partial charge in [0.05, 0.1) is 6.04 Å². The number of carbonyl (C=O) groups excluding carboxylic acids is 1. The van der Waals surface area contributed by atoms with Crippen molar-refractivity contribution in [2.45, 2.75) is 45.6 Å². The summed E-state index contributed by atoms with van der Waals surface area (Å²) in [4.78, 5) is 14.4. The maximum absolute atomic E-state index is 12.0. The number of hydrogen-bond acceptors (Lipinski definition) is 4. The number of amides is 1. The minimum absolute atomic E-state index is 0. The molecule has 134 valence electrons. The molecule has 1 rings (SSSR count). The van der Waals surface area contributed by atoms with Crippen LogP contribution in [0.3, 0.4) is 0 Å². The summed E-state index contributed by atoms with van der Waals surface area (Å²) in [7, 11) is 0. The number of nitrogens with one attached hydrogen (secondary N) is 1. The Morgan fingerprint density at radius 3 is 2.36 bits per heavy atom. The first-order valence-corrected chi connectivity index (χ1v) is 8.02. The summed E-state index contributed by atoms with van der Waals surface area (Å²) >= 11 is 0. The van der Waals surface area contributed by atoms with Gasteiger partial charge in [0, 0.05) is 19.8 Å². The van der Waals surface area contributed by atoms with Gasteiger partial charge in [-0.1, -0.05) is 13.8 Å². The van der Waals surface area contributed by atoms with Gasteiger partial charge in [0.1, 0.15) is 0 Å². The lowest BCUT2D eigenvalue weighted by Gasteiger charge is -2.26. The van der Waals surface area contributed by atoms with E-state index in [4.69, 9.17) is 10.5 Å². The Labute approximate surface area is 147 Å². The third-order valence-corrected chi connectivity index (χ3v) is 4.17. The van der Waals surface area contributed by atoms with E-state index in [2.05, 4.69) is 24.1 Å². The fourth-order valence-corrected chi connectivity index (χ4v) is 2.62. The van der Waals surface area contributed by atoms with Crippen molar-refractivity contribution >= 4 is 30.7 Å². The second-order valence-electron chi connectivity index (χ2n) is 5.50. The summed E-state index contributed by atoms with van der Waals surface area (Å²) in [6.45, 7) is 9.85. The van der Waals surface area contributed by atoms with Gasteiger partial charge >= 0.3 is 0 Å². The third kappa shape index (κ3) is 9.16. The van der Waals surface area contributed by atoms with Gasteiger partial charge in [-0.3, -0.25) is 4.79 Å². The number of halogens is 2. The van der Waals surface area contributed by atoms with Gasteiger partial charge in [0.15, 0.2) is 0 Å². The predicted octanol–water partition coefficient (Wildman–Crippen LogP) is 1.82. The molecule has 1 atom stereocenters. The first kappa shape index (κ1) is 24.2. The number of hydrogen-bond donors (Lipinski definition) is 2. The maximum atomic E-state index is 12.0. The van der Waals surface area contributed by atoms with Gasteiger partial charge in [-0.15, -0.1) is 24.8 Å². The monoisotopic (exact) mass is 357 g/mol. The van der Waals surface area contributed by atoms with Crippen LogP contribution in [0.2, 0.25) is 0 Å². The number of unbranched alkanes of at least 4 members (excludes halogenated alkanes) is 1. The van der Waals surface area contributed by atoms with Crippen molar-refractivity contribution in [3.8, 4) is 0 Å². The fourth-order valence-electron chi connectivity index (χ4n) is 2.62. The highest BCUT2D eigenvalue weighted by Crippen LogP contribution is 2.17. The molecule has 3 N–H and O–H groups in total. The van der Waals surface area contributed by atoms with E-state index in [9.17, 15) is 4.79 Å². The van der Waals surface area contributed by atoms with Gasteiger partial charge in [-0.2, -0.15) is 0 Å². The molecule has 1 aliphatic heterocycles. The molecule has 1 aliphatic rings. The van der Waals surface area contributed by atoms with Crippen LogP contribution in [0.4, 0.5) is 0 Å². The molecule has 0 saturated carbocycles. The molecular weight excluding hydrogens is 325 g/mol. The van der Waals surface area contributed by atoms with E-state index < -0.39 is 0 Å². The molecular formula is C15H33Cl2N3O2. The number of rotatable bonds is 9. The molecule has 0 spiro atoms. The van der Waals surface area contributed by atoms with Crippen LogP contribution < -0.4 is 11.1 Å². The molecule has 1 amide bonds. The van der Waals surface area contributed by atoms with Crippen molar-refractivity contribution in [2.24, 2.45) is 11.7 Å². The summed E-state index contributed by atoms with van der Waals surface area (Å²) in [5, 5.41) is 2.97. The van der Waals surface area contributed by atoms with Gasteiger partial charge in [0.2, 0.25) is 5.91 Å². The first-order chi connectivity index (χ1) is 9.69. The summed E-state index contributed by atoms with van der Waals surface area (Å²) in [6.07, 6.45) is 3.93. The Kier molecular flexibility index (Phi) is 16.0. The predicted molar refractivity (Wildman–Crippen MR) is 96.0 cm³/mol. The standard InChI is InChI=1S/C15H31N3O2.2ClH/c1-3-18(4-2)10-6-5-9-17-15(19)14(16)13-7-11-20-12-8-13;;/h13-14H,3-12,16H2,1-2H3,(H,17,19);2*1H. The van der Waals surface area contributed by atoms with Crippen molar-refractivity contribution in [1.82, 2.24) is 10.2 Å². The summed E-state index contributed by atoms with van der Waals surface area (Å²) in [5.41, 5.74) is 6.02. The van der Waals surface area contributed by atoms with E-state index >= 15 is 0 Å². The molecule has 1 saturated heterocycles. The van der Waals surface area contributed by atoms with Gasteiger partial charge < -0.3 is 20.7 Å². The molecule has 0 aromatic heterocycles.